The third kappa shape index (κ3) is 1.53. The highest BCUT2D eigenvalue weighted by Crippen LogP contribution is 2.32. The summed E-state index contributed by atoms with van der Waals surface area (Å²) >= 11 is 1.74. The van der Waals surface area contributed by atoms with Crippen LogP contribution >= 0.6 is 11.3 Å². The van der Waals surface area contributed by atoms with Crippen molar-refractivity contribution < 1.29 is 0 Å². The number of aromatic nitrogens is 2. The quantitative estimate of drug-likeness (QED) is 0.695. The third-order valence-electron chi connectivity index (χ3n) is 2.38. The van der Waals surface area contributed by atoms with Crippen LogP contribution in [0.15, 0.2) is 42.7 Å². The molecule has 0 unspecified atom stereocenters. The number of benzene rings is 1. The molecule has 0 saturated heterocycles. The fourth-order valence-corrected chi connectivity index (χ4v) is 2.63. The molecular weight excluding hydrogens is 218 g/mol. The van der Waals surface area contributed by atoms with E-state index in [-0.39, 0.29) is 0 Å². The average Bonchev–Trinajstić information content (AvgIpc) is 2.73. The fraction of sp³-hybridized carbons (Fsp3) is 0. The summed E-state index contributed by atoms with van der Waals surface area (Å²) in [5.74, 6) is 0.310. The molecule has 16 heavy (non-hydrogen) atoms. The first kappa shape index (κ1) is 9.30. The van der Waals surface area contributed by atoms with E-state index in [1.54, 1.807) is 23.7 Å². The van der Waals surface area contributed by atoms with Crippen molar-refractivity contribution in [3.8, 4) is 10.4 Å². The van der Waals surface area contributed by atoms with Crippen LogP contribution in [0, 0.1) is 0 Å². The molecule has 0 atom stereocenters. The molecule has 0 spiro atoms. The Kier molecular flexibility index (Phi) is 2.08. The second-order valence-electron chi connectivity index (χ2n) is 3.48. The SMILES string of the molecule is Nc1ncc(-c2cc3ccccc3s2)cn1. The fourth-order valence-electron chi connectivity index (χ4n) is 1.59. The molecule has 0 aliphatic heterocycles. The summed E-state index contributed by atoms with van der Waals surface area (Å²) in [6, 6.07) is 10.4. The lowest BCUT2D eigenvalue weighted by Gasteiger charge is -1.95. The van der Waals surface area contributed by atoms with E-state index in [0.29, 0.717) is 5.95 Å². The number of rotatable bonds is 1. The molecule has 78 valence electrons. The Morgan fingerprint density at radius 1 is 1.06 bits per heavy atom. The maximum atomic E-state index is 5.46. The molecule has 2 aromatic heterocycles. The van der Waals surface area contributed by atoms with Gasteiger partial charge in [-0.15, -0.1) is 11.3 Å². The van der Waals surface area contributed by atoms with E-state index >= 15 is 0 Å². The predicted octanol–water partition coefficient (Wildman–Crippen LogP) is 2.94. The van der Waals surface area contributed by atoms with Crippen molar-refractivity contribution in [3.63, 3.8) is 0 Å². The minimum atomic E-state index is 0.310. The van der Waals surface area contributed by atoms with Gasteiger partial charge in [-0.2, -0.15) is 0 Å². The Labute approximate surface area is 96.6 Å². The lowest BCUT2D eigenvalue weighted by atomic mass is 10.2. The highest BCUT2D eigenvalue weighted by atomic mass is 32.1. The normalized spacial score (nSPS) is 10.8. The Bertz CT molecular complexity index is 595. The van der Waals surface area contributed by atoms with Crippen molar-refractivity contribution in [3.05, 3.63) is 42.7 Å². The van der Waals surface area contributed by atoms with Gasteiger partial charge in [0.25, 0.3) is 0 Å². The van der Waals surface area contributed by atoms with Gasteiger partial charge < -0.3 is 5.73 Å². The molecule has 3 aromatic rings. The van der Waals surface area contributed by atoms with E-state index in [1.807, 2.05) is 12.1 Å². The first-order valence-electron chi connectivity index (χ1n) is 4.89. The average molecular weight is 227 g/mol. The summed E-state index contributed by atoms with van der Waals surface area (Å²) < 4.78 is 1.27. The lowest BCUT2D eigenvalue weighted by Crippen LogP contribution is -1.92. The van der Waals surface area contributed by atoms with Crippen LogP contribution in [0.4, 0.5) is 5.95 Å². The van der Waals surface area contributed by atoms with Crippen molar-refractivity contribution in [2.45, 2.75) is 0 Å². The molecule has 2 heterocycles. The van der Waals surface area contributed by atoms with Crippen LogP contribution in [-0.2, 0) is 0 Å². The van der Waals surface area contributed by atoms with Crippen LogP contribution in [-0.4, -0.2) is 9.97 Å². The maximum absolute atomic E-state index is 5.46. The smallest absolute Gasteiger partial charge is 0.219 e. The molecule has 0 fully saturated rings. The summed E-state index contributed by atoms with van der Waals surface area (Å²) in [5, 5.41) is 1.25. The van der Waals surface area contributed by atoms with Gasteiger partial charge in [-0.3, -0.25) is 0 Å². The largest absolute Gasteiger partial charge is 0.368 e. The lowest BCUT2D eigenvalue weighted by molar-refractivity contribution is 1.19. The van der Waals surface area contributed by atoms with Gasteiger partial charge in [-0.25, -0.2) is 9.97 Å². The summed E-state index contributed by atoms with van der Waals surface area (Å²) in [6.45, 7) is 0. The molecule has 4 heteroatoms. The number of anilines is 1. The number of hydrogen-bond acceptors (Lipinski definition) is 4. The molecular formula is C12H9N3S. The number of thiophene rings is 1. The molecule has 0 amide bonds. The van der Waals surface area contributed by atoms with Crippen molar-refractivity contribution in [1.29, 1.82) is 0 Å². The van der Waals surface area contributed by atoms with Gasteiger partial charge in [0.05, 0.1) is 0 Å². The Balaban J connectivity index is 2.15. The predicted molar refractivity (Wildman–Crippen MR) is 67.3 cm³/mol. The van der Waals surface area contributed by atoms with Gasteiger partial charge in [-0.1, -0.05) is 18.2 Å². The molecule has 0 bridgehead atoms. The van der Waals surface area contributed by atoms with Crippen molar-refractivity contribution in [2.75, 3.05) is 5.73 Å². The zero-order chi connectivity index (χ0) is 11.0. The van der Waals surface area contributed by atoms with Crippen LogP contribution in [0.2, 0.25) is 0 Å². The van der Waals surface area contributed by atoms with E-state index in [2.05, 4.69) is 28.2 Å². The number of nitrogen functional groups attached to an aromatic ring is 1. The summed E-state index contributed by atoms with van der Waals surface area (Å²) in [4.78, 5) is 9.17. The molecule has 0 aliphatic carbocycles. The summed E-state index contributed by atoms with van der Waals surface area (Å²) in [5.41, 5.74) is 6.47. The van der Waals surface area contributed by atoms with Crippen molar-refractivity contribution in [1.82, 2.24) is 9.97 Å². The standard InChI is InChI=1S/C12H9N3S/c13-12-14-6-9(7-15-12)11-5-8-3-1-2-4-10(8)16-11/h1-7H,(H2,13,14,15). The molecule has 2 N–H and O–H groups in total. The van der Waals surface area contributed by atoms with E-state index in [1.165, 1.54) is 15.0 Å². The van der Waals surface area contributed by atoms with Crippen LogP contribution < -0.4 is 5.73 Å². The maximum Gasteiger partial charge on any atom is 0.219 e. The first-order chi connectivity index (χ1) is 7.83. The Morgan fingerprint density at radius 3 is 2.56 bits per heavy atom. The highest BCUT2D eigenvalue weighted by Gasteiger charge is 2.04. The minimum Gasteiger partial charge on any atom is -0.368 e. The van der Waals surface area contributed by atoms with E-state index < -0.39 is 0 Å². The van der Waals surface area contributed by atoms with E-state index in [0.717, 1.165) is 5.56 Å². The van der Waals surface area contributed by atoms with Crippen LogP contribution in [0.5, 0.6) is 0 Å². The second kappa shape index (κ2) is 3.57. The molecule has 1 aromatic carbocycles. The Hall–Kier alpha value is -1.94. The van der Waals surface area contributed by atoms with Crippen LogP contribution in [0.25, 0.3) is 20.5 Å². The second-order valence-corrected chi connectivity index (χ2v) is 4.56. The first-order valence-corrected chi connectivity index (χ1v) is 5.71. The molecule has 0 saturated carbocycles. The molecule has 3 rings (SSSR count). The van der Waals surface area contributed by atoms with Gasteiger partial charge in [0.2, 0.25) is 5.95 Å². The van der Waals surface area contributed by atoms with Crippen LogP contribution in [0.1, 0.15) is 0 Å². The van der Waals surface area contributed by atoms with Crippen molar-refractivity contribution in [2.24, 2.45) is 0 Å². The van der Waals surface area contributed by atoms with Gasteiger partial charge in [0.15, 0.2) is 0 Å². The number of fused-ring (bicyclic) bond motifs is 1. The monoisotopic (exact) mass is 227 g/mol. The van der Waals surface area contributed by atoms with Gasteiger partial charge in [0, 0.05) is 27.5 Å². The van der Waals surface area contributed by atoms with E-state index in [4.69, 9.17) is 5.73 Å². The number of nitrogens with zero attached hydrogens (tertiary/aromatic N) is 2. The summed E-state index contributed by atoms with van der Waals surface area (Å²) in [7, 11) is 0. The zero-order valence-electron chi connectivity index (χ0n) is 8.42. The topological polar surface area (TPSA) is 51.8 Å². The van der Waals surface area contributed by atoms with Gasteiger partial charge in [0.1, 0.15) is 0 Å². The minimum absolute atomic E-state index is 0.310. The van der Waals surface area contributed by atoms with E-state index in [9.17, 15) is 0 Å². The molecule has 0 aliphatic rings. The van der Waals surface area contributed by atoms with Crippen LogP contribution in [0.3, 0.4) is 0 Å². The number of nitrogens with two attached hydrogens (primary N) is 1. The highest BCUT2D eigenvalue weighted by molar-refractivity contribution is 7.22. The zero-order valence-corrected chi connectivity index (χ0v) is 9.24. The Morgan fingerprint density at radius 2 is 1.81 bits per heavy atom. The van der Waals surface area contributed by atoms with Gasteiger partial charge >= 0.3 is 0 Å². The number of hydrogen-bond donors (Lipinski definition) is 1. The van der Waals surface area contributed by atoms with Gasteiger partial charge in [-0.05, 0) is 17.5 Å². The summed E-state index contributed by atoms with van der Waals surface area (Å²) in [6.07, 6.45) is 3.51. The third-order valence-corrected chi connectivity index (χ3v) is 3.55. The molecule has 3 nitrogen and oxygen atoms in total. The van der Waals surface area contributed by atoms with Crippen molar-refractivity contribution >= 4 is 27.4 Å². The molecule has 0 radical (unpaired) electrons.